The van der Waals surface area contributed by atoms with Crippen LogP contribution in [0, 0.1) is 5.92 Å². The Balaban J connectivity index is 1.31. The summed E-state index contributed by atoms with van der Waals surface area (Å²) in [6.45, 7) is 2.10. The highest BCUT2D eigenvalue weighted by atomic mass is 32.1. The molecule has 0 bridgehead atoms. The molecule has 154 valence electrons. The Morgan fingerprint density at radius 1 is 1.17 bits per heavy atom. The van der Waals surface area contributed by atoms with Crippen molar-refractivity contribution in [2.45, 2.75) is 31.6 Å². The molecule has 1 saturated carbocycles. The van der Waals surface area contributed by atoms with Gasteiger partial charge in [-0.05, 0) is 38.8 Å². The van der Waals surface area contributed by atoms with Gasteiger partial charge in [0.1, 0.15) is 11.0 Å². The first-order chi connectivity index (χ1) is 14.8. The number of anilines is 1. The predicted octanol–water partition coefficient (Wildman–Crippen LogP) is 3.14. The SMILES string of the molecule is O=C(Nc1nc2[nH]nc(-n3cncc3-c3cnc(C4CCNCC4)s3)c2s1)C1CC1. The minimum atomic E-state index is 0.0549. The molecule has 1 amide bonds. The zero-order valence-electron chi connectivity index (χ0n) is 16.1. The molecule has 3 N–H and O–H groups in total. The van der Waals surface area contributed by atoms with Crippen molar-refractivity contribution in [3.63, 3.8) is 0 Å². The summed E-state index contributed by atoms with van der Waals surface area (Å²) in [6.07, 6.45) is 9.73. The van der Waals surface area contributed by atoms with E-state index in [1.807, 2.05) is 17.0 Å². The number of nitrogens with one attached hydrogen (secondary N) is 3. The van der Waals surface area contributed by atoms with Crippen molar-refractivity contribution in [2.75, 3.05) is 18.4 Å². The normalized spacial score (nSPS) is 17.6. The zero-order chi connectivity index (χ0) is 20.1. The molecule has 1 saturated heterocycles. The number of H-pyrrole nitrogens is 1. The second-order valence-corrected chi connectivity index (χ2v) is 9.80. The van der Waals surface area contributed by atoms with Crippen LogP contribution in [0.5, 0.6) is 0 Å². The van der Waals surface area contributed by atoms with Gasteiger partial charge in [-0.3, -0.25) is 14.5 Å². The molecule has 1 aliphatic heterocycles. The molecule has 4 aromatic heterocycles. The van der Waals surface area contributed by atoms with Crippen LogP contribution in [-0.4, -0.2) is 48.7 Å². The Labute approximate surface area is 180 Å². The third kappa shape index (κ3) is 3.22. The number of amides is 1. The molecule has 2 aliphatic rings. The number of carbonyl (C=O) groups excluding carboxylic acids is 1. The number of carbonyl (C=O) groups is 1. The van der Waals surface area contributed by atoms with E-state index in [9.17, 15) is 4.79 Å². The van der Waals surface area contributed by atoms with E-state index in [2.05, 4.69) is 30.8 Å². The maximum absolute atomic E-state index is 12.1. The molecular weight excluding hydrogens is 420 g/mol. The van der Waals surface area contributed by atoms with E-state index in [4.69, 9.17) is 4.98 Å². The summed E-state index contributed by atoms with van der Waals surface area (Å²) in [5.74, 6) is 1.46. The second-order valence-electron chi connectivity index (χ2n) is 7.74. The van der Waals surface area contributed by atoms with E-state index in [0.717, 1.165) is 59.9 Å². The lowest BCUT2D eigenvalue weighted by Crippen LogP contribution is -2.26. The highest BCUT2D eigenvalue weighted by molar-refractivity contribution is 7.22. The number of aromatic amines is 1. The van der Waals surface area contributed by atoms with Gasteiger partial charge in [-0.15, -0.1) is 11.3 Å². The average Bonchev–Trinajstić information content (AvgIpc) is 3.12. The molecule has 6 rings (SSSR count). The molecule has 11 heteroatoms. The number of imidazole rings is 1. The Hall–Kier alpha value is -2.63. The summed E-state index contributed by atoms with van der Waals surface area (Å²) in [4.78, 5) is 26.7. The van der Waals surface area contributed by atoms with Gasteiger partial charge < -0.3 is 10.6 Å². The molecule has 4 aromatic rings. The lowest BCUT2D eigenvalue weighted by molar-refractivity contribution is -0.117. The number of hydrogen-bond donors (Lipinski definition) is 3. The van der Waals surface area contributed by atoms with Gasteiger partial charge in [0.25, 0.3) is 0 Å². The first kappa shape index (κ1) is 18.2. The number of hydrogen-bond acceptors (Lipinski definition) is 8. The Bertz CT molecular complexity index is 1210. The Morgan fingerprint density at radius 2 is 2.03 bits per heavy atom. The summed E-state index contributed by atoms with van der Waals surface area (Å²) in [5, 5.41) is 15.6. The summed E-state index contributed by atoms with van der Waals surface area (Å²) in [5.41, 5.74) is 1.62. The number of thiazole rings is 2. The van der Waals surface area contributed by atoms with Crippen molar-refractivity contribution in [3.05, 3.63) is 23.7 Å². The van der Waals surface area contributed by atoms with Crippen molar-refractivity contribution in [2.24, 2.45) is 5.92 Å². The minimum Gasteiger partial charge on any atom is -0.317 e. The van der Waals surface area contributed by atoms with Crippen molar-refractivity contribution >= 4 is 44.1 Å². The third-order valence-corrected chi connectivity index (χ3v) is 7.76. The molecule has 5 heterocycles. The van der Waals surface area contributed by atoms with Gasteiger partial charge in [-0.25, -0.2) is 15.0 Å². The average molecular weight is 441 g/mol. The zero-order valence-corrected chi connectivity index (χ0v) is 17.7. The summed E-state index contributed by atoms with van der Waals surface area (Å²) in [7, 11) is 0. The Morgan fingerprint density at radius 3 is 2.87 bits per heavy atom. The van der Waals surface area contributed by atoms with Crippen LogP contribution in [-0.2, 0) is 4.79 Å². The van der Waals surface area contributed by atoms with Gasteiger partial charge in [-0.1, -0.05) is 11.3 Å². The van der Waals surface area contributed by atoms with Gasteiger partial charge >= 0.3 is 0 Å². The van der Waals surface area contributed by atoms with Crippen LogP contribution in [0.4, 0.5) is 5.13 Å². The van der Waals surface area contributed by atoms with E-state index in [1.165, 1.54) is 16.3 Å². The number of aromatic nitrogens is 6. The topological polar surface area (TPSA) is 113 Å². The summed E-state index contributed by atoms with van der Waals surface area (Å²) in [6, 6.07) is 0. The molecule has 30 heavy (non-hydrogen) atoms. The molecular formula is C19H20N8OS2. The molecule has 9 nitrogen and oxygen atoms in total. The standard InChI is InChI=1S/C19H20N8OS2/c28-17(10-1-2-10)24-19-23-15-14(30-19)16(26-25-15)27-9-21-7-12(27)13-8-22-18(29-13)11-3-5-20-6-4-11/h7-11,20H,1-6H2,(H2,23,24,25,26,28). The van der Waals surface area contributed by atoms with Gasteiger partial charge in [0.05, 0.1) is 21.8 Å². The van der Waals surface area contributed by atoms with Crippen LogP contribution >= 0.6 is 22.7 Å². The van der Waals surface area contributed by atoms with Crippen LogP contribution in [0.3, 0.4) is 0 Å². The number of fused-ring (bicyclic) bond motifs is 1. The van der Waals surface area contributed by atoms with Gasteiger partial charge in [0.2, 0.25) is 5.91 Å². The van der Waals surface area contributed by atoms with Gasteiger partial charge in [0, 0.05) is 18.0 Å². The maximum Gasteiger partial charge on any atom is 0.229 e. The fourth-order valence-electron chi connectivity index (χ4n) is 3.78. The van der Waals surface area contributed by atoms with Crippen LogP contribution in [0.2, 0.25) is 0 Å². The summed E-state index contributed by atoms with van der Waals surface area (Å²) < 4.78 is 2.85. The lowest BCUT2D eigenvalue weighted by Gasteiger charge is -2.20. The lowest BCUT2D eigenvalue weighted by atomic mass is 9.99. The molecule has 0 aromatic carbocycles. The van der Waals surface area contributed by atoms with E-state index in [-0.39, 0.29) is 11.8 Å². The maximum atomic E-state index is 12.1. The van der Waals surface area contributed by atoms with Crippen LogP contribution in [0.15, 0.2) is 18.7 Å². The van der Waals surface area contributed by atoms with E-state index in [0.29, 0.717) is 16.7 Å². The quantitative estimate of drug-likeness (QED) is 0.439. The molecule has 0 radical (unpaired) electrons. The van der Waals surface area contributed by atoms with Crippen molar-refractivity contribution in [3.8, 4) is 16.4 Å². The Kier molecular flexibility index (Phi) is 4.39. The fraction of sp³-hybridized carbons (Fsp3) is 0.421. The number of nitrogens with zero attached hydrogens (tertiary/aromatic N) is 5. The minimum absolute atomic E-state index is 0.0549. The van der Waals surface area contributed by atoms with E-state index >= 15 is 0 Å². The van der Waals surface area contributed by atoms with Crippen molar-refractivity contribution in [1.82, 2.24) is 35.0 Å². The van der Waals surface area contributed by atoms with Crippen molar-refractivity contribution < 1.29 is 4.79 Å². The van der Waals surface area contributed by atoms with Gasteiger partial charge in [-0.2, -0.15) is 5.10 Å². The molecule has 2 fully saturated rings. The third-order valence-electron chi connectivity index (χ3n) is 5.61. The molecule has 0 atom stereocenters. The largest absolute Gasteiger partial charge is 0.317 e. The van der Waals surface area contributed by atoms with E-state index in [1.54, 1.807) is 17.7 Å². The fourth-order valence-corrected chi connectivity index (χ4v) is 5.78. The molecule has 1 aliphatic carbocycles. The predicted molar refractivity (Wildman–Crippen MR) is 116 cm³/mol. The number of rotatable bonds is 5. The first-order valence-corrected chi connectivity index (χ1v) is 11.7. The second kappa shape index (κ2) is 7.25. The number of piperidine rings is 1. The summed E-state index contributed by atoms with van der Waals surface area (Å²) >= 11 is 3.16. The molecule has 0 unspecified atom stereocenters. The molecule has 0 spiro atoms. The highest BCUT2D eigenvalue weighted by Gasteiger charge is 2.30. The van der Waals surface area contributed by atoms with Gasteiger partial charge in [0.15, 0.2) is 16.6 Å². The van der Waals surface area contributed by atoms with Crippen LogP contribution < -0.4 is 10.6 Å². The van der Waals surface area contributed by atoms with Crippen LogP contribution in [0.25, 0.3) is 26.7 Å². The first-order valence-electron chi connectivity index (χ1n) is 10.1. The van der Waals surface area contributed by atoms with Crippen molar-refractivity contribution in [1.29, 1.82) is 0 Å². The van der Waals surface area contributed by atoms with Crippen LogP contribution in [0.1, 0.15) is 36.6 Å². The monoisotopic (exact) mass is 440 g/mol. The highest BCUT2D eigenvalue weighted by Crippen LogP contribution is 2.37. The van der Waals surface area contributed by atoms with E-state index < -0.39 is 0 Å². The smallest absolute Gasteiger partial charge is 0.229 e.